The first-order valence-corrected chi connectivity index (χ1v) is 7.23. The van der Waals surface area contributed by atoms with Gasteiger partial charge in [0.15, 0.2) is 11.5 Å². The van der Waals surface area contributed by atoms with Gasteiger partial charge in [0.2, 0.25) is 0 Å². The molecule has 0 spiro atoms. The average molecular weight is 332 g/mol. The van der Waals surface area contributed by atoms with E-state index in [1.54, 1.807) is 50.6 Å². The minimum atomic E-state index is -0.471. The summed E-state index contributed by atoms with van der Waals surface area (Å²) in [7, 11) is 6.17. The second-order valence-corrected chi connectivity index (χ2v) is 4.82. The first-order chi connectivity index (χ1) is 11.6. The van der Waals surface area contributed by atoms with Gasteiger partial charge in [0.1, 0.15) is 18.1 Å². The standard InChI is InChI=1S/C18H20O6/c1-20-14-6-8-15(21-2)13(9-14)11-24-18(19)12-5-7-16(22-3)17(10-12)23-4/h5-10H,11H2,1-4H3. The lowest BCUT2D eigenvalue weighted by atomic mass is 10.2. The lowest BCUT2D eigenvalue weighted by Gasteiger charge is -2.12. The third-order valence-corrected chi connectivity index (χ3v) is 3.47. The van der Waals surface area contributed by atoms with Crippen molar-refractivity contribution in [1.82, 2.24) is 0 Å². The average Bonchev–Trinajstić information content (AvgIpc) is 2.64. The Kier molecular flexibility index (Phi) is 5.89. The van der Waals surface area contributed by atoms with E-state index in [4.69, 9.17) is 23.7 Å². The maximum atomic E-state index is 12.2. The fourth-order valence-electron chi connectivity index (χ4n) is 2.18. The number of methoxy groups -OCH3 is 4. The number of hydrogen-bond donors (Lipinski definition) is 0. The van der Waals surface area contributed by atoms with Crippen LogP contribution in [0.1, 0.15) is 15.9 Å². The van der Waals surface area contributed by atoms with Crippen molar-refractivity contribution < 1.29 is 28.5 Å². The molecule has 6 nitrogen and oxygen atoms in total. The molecule has 2 rings (SSSR count). The highest BCUT2D eigenvalue weighted by atomic mass is 16.5. The summed E-state index contributed by atoms with van der Waals surface area (Å²) in [5.74, 6) is 1.82. The first kappa shape index (κ1) is 17.5. The van der Waals surface area contributed by atoms with Gasteiger partial charge in [-0.25, -0.2) is 4.79 Å². The number of esters is 1. The molecule has 0 atom stereocenters. The van der Waals surface area contributed by atoms with Crippen molar-refractivity contribution in [2.24, 2.45) is 0 Å². The lowest BCUT2D eigenvalue weighted by molar-refractivity contribution is 0.0469. The van der Waals surface area contributed by atoms with Gasteiger partial charge in [-0.05, 0) is 36.4 Å². The molecule has 128 valence electrons. The summed E-state index contributed by atoms with van der Waals surface area (Å²) in [5.41, 5.74) is 1.08. The van der Waals surface area contributed by atoms with Crippen LogP contribution in [0.5, 0.6) is 23.0 Å². The van der Waals surface area contributed by atoms with Gasteiger partial charge in [-0.15, -0.1) is 0 Å². The number of benzene rings is 2. The van der Waals surface area contributed by atoms with Gasteiger partial charge in [-0.3, -0.25) is 0 Å². The Morgan fingerprint density at radius 3 is 2.08 bits per heavy atom. The SMILES string of the molecule is COc1ccc(OC)c(COC(=O)c2ccc(OC)c(OC)c2)c1. The van der Waals surface area contributed by atoms with E-state index in [2.05, 4.69) is 0 Å². The van der Waals surface area contributed by atoms with Crippen molar-refractivity contribution in [3.8, 4) is 23.0 Å². The molecule has 24 heavy (non-hydrogen) atoms. The summed E-state index contributed by atoms with van der Waals surface area (Å²) in [4.78, 5) is 12.2. The van der Waals surface area contributed by atoms with Gasteiger partial charge < -0.3 is 23.7 Å². The molecule has 0 fully saturated rings. The molecule has 0 aliphatic heterocycles. The summed E-state index contributed by atoms with van der Waals surface area (Å²) in [6, 6.07) is 10.1. The molecule has 0 bridgehead atoms. The predicted molar refractivity (Wildman–Crippen MR) is 88.2 cm³/mol. The van der Waals surface area contributed by atoms with Crippen molar-refractivity contribution in [2.75, 3.05) is 28.4 Å². The molecule has 0 aliphatic rings. The lowest BCUT2D eigenvalue weighted by Crippen LogP contribution is -2.07. The molecular weight excluding hydrogens is 312 g/mol. The molecule has 0 heterocycles. The normalized spacial score (nSPS) is 10.0. The zero-order valence-corrected chi connectivity index (χ0v) is 14.1. The second-order valence-electron chi connectivity index (χ2n) is 4.82. The summed E-state index contributed by atoms with van der Waals surface area (Å²) < 4.78 is 26.1. The van der Waals surface area contributed by atoms with Gasteiger partial charge in [0, 0.05) is 5.56 Å². The van der Waals surface area contributed by atoms with Crippen LogP contribution in [0.2, 0.25) is 0 Å². The minimum absolute atomic E-state index is 0.0630. The highest BCUT2D eigenvalue weighted by Crippen LogP contribution is 2.28. The number of rotatable bonds is 7. The molecule has 0 saturated heterocycles. The van der Waals surface area contributed by atoms with Crippen LogP contribution in [0, 0.1) is 0 Å². The van der Waals surface area contributed by atoms with E-state index in [1.165, 1.54) is 14.2 Å². The molecule has 2 aromatic rings. The highest BCUT2D eigenvalue weighted by molar-refractivity contribution is 5.90. The fraction of sp³-hybridized carbons (Fsp3) is 0.278. The molecule has 6 heteroatoms. The van der Waals surface area contributed by atoms with E-state index in [9.17, 15) is 4.79 Å². The summed E-state index contributed by atoms with van der Waals surface area (Å²) in [6.07, 6.45) is 0. The number of carbonyl (C=O) groups is 1. The van der Waals surface area contributed by atoms with Gasteiger partial charge in [0.25, 0.3) is 0 Å². The maximum Gasteiger partial charge on any atom is 0.338 e. The minimum Gasteiger partial charge on any atom is -0.497 e. The number of hydrogen-bond acceptors (Lipinski definition) is 6. The molecule has 0 saturated carbocycles. The monoisotopic (exact) mass is 332 g/mol. The smallest absolute Gasteiger partial charge is 0.338 e. The van der Waals surface area contributed by atoms with Crippen molar-refractivity contribution >= 4 is 5.97 Å². The summed E-state index contributed by atoms with van der Waals surface area (Å²) in [6.45, 7) is 0.0630. The largest absolute Gasteiger partial charge is 0.497 e. The third-order valence-electron chi connectivity index (χ3n) is 3.47. The topological polar surface area (TPSA) is 63.2 Å². The Morgan fingerprint density at radius 2 is 1.46 bits per heavy atom. The van der Waals surface area contributed by atoms with Crippen LogP contribution >= 0.6 is 0 Å². The van der Waals surface area contributed by atoms with E-state index in [-0.39, 0.29) is 6.61 Å². The molecule has 0 N–H and O–H groups in total. The fourth-order valence-corrected chi connectivity index (χ4v) is 2.18. The van der Waals surface area contributed by atoms with Crippen LogP contribution in [0.3, 0.4) is 0 Å². The second kappa shape index (κ2) is 8.10. The van der Waals surface area contributed by atoms with Crippen LogP contribution in [0.15, 0.2) is 36.4 Å². The van der Waals surface area contributed by atoms with Crippen LogP contribution in [-0.4, -0.2) is 34.4 Å². The Bertz CT molecular complexity index is 711. The Morgan fingerprint density at radius 1 is 0.792 bits per heavy atom. The van der Waals surface area contributed by atoms with Crippen LogP contribution in [-0.2, 0) is 11.3 Å². The Balaban J connectivity index is 2.13. The zero-order chi connectivity index (χ0) is 17.5. The molecule has 0 aliphatic carbocycles. The number of ether oxygens (including phenoxy) is 5. The molecule has 0 radical (unpaired) electrons. The van der Waals surface area contributed by atoms with Crippen molar-refractivity contribution in [2.45, 2.75) is 6.61 Å². The maximum absolute atomic E-state index is 12.2. The van der Waals surface area contributed by atoms with Gasteiger partial charge >= 0.3 is 5.97 Å². The summed E-state index contributed by atoms with van der Waals surface area (Å²) in [5, 5.41) is 0. The van der Waals surface area contributed by atoms with E-state index < -0.39 is 5.97 Å². The van der Waals surface area contributed by atoms with E-state index in [0.717, 1.165) is 0 Å². The van der Waals surface area contributed by atoms with Crippen LogP contribution in [0.25, 0.3) is 0 Å². The van der Waals surface area contributed by atoms with Gasteiger partial charge in [0.05, 0.1) is 34.0 Å². The molecule has 2 aromatic carbocycles. The first-order valence-electron chi connectivity index (χ1n) is 7.23. The van der Waals surface area contributed by atoms with E-state index >= 15 is 0 Å². The van der Waals surface area contributed by atoms with Crippen LogP contribution in [0.4, 0.5) is 0 Å². The Labute approximate surface area is 140 Å². The summed E-state index contributed by atoms with van der Waals surface area (Å²) >= 11 is 0. The van der Waals surface area contributed by atoms with Gasteiger partial charge in [-0.2, -0.15) is 0 Å². The predicted octanol–water partition coefficient (Wildman–Crippen LogP) is 3.08. The van der Waals surface area contributed by atoms with E-state index in [0.29, 0.717) is 34.1 Å². The molecule has 0 amide bonds. The Hall–Kier alpha value is -2.89. The van der Waals surface area contributed by atoms with Crippen molar-refractivity contribution in [3.05, 3.63) is 47.5 Å². The third kappa shape index (κ3) is 3.90. The van der Waals surface area contributed by atoms with Crippen molar-refractivity contribution in [3.63, 3.8) is 0 Å². The highest BCUT2D eigenvalue weighted by Gasteiger charge is 2.13. The van der Waals surface area contributed by atoms with Crippen molar-refractivity contribution in [1.29, 1.82) is 0 Å². The zero-order valence-electron chi connectivity index (χ0n) is 14.1. The molecule has 0 unspecified atom stereocenters. The van der Waals surface area contributed by atoms with Gasteiger partial charge in [-0.1, -0.05) is 0 Å². The molecular formula is C18H20O6. The quantitative estimate of drug-likeness (QED) is 0.726. The molecule has 0 aromatic heterocycles. The van der Waals surface area contributed by atoms with Crippen LogP contribution < -0.4 is 18.9 Å². The number of carbonyl (C=O) groups excluding carboxylic acids is 1. The van der Waals surface area contributed by atoms with E-state index in [1.807, 2.05) is 0 Å².